The third-order valence-electron chi connectivity index (χ3n) is 13.6. The third kappa shape index (κ3) is 5.44. The summed E-state index contributed by atoms with van der Waals surface area (Å²) in [4.78, 5) is 10.8. The van der Waals surface area contributed by atoms with Gasteiger partial charge < -0.3 is 5.32 Å². The predicted molar refractivity (Wildman–Crippen MR) is 256 cm³/mol. The fourth-order valence-corrected chi connectivity index (χ4v) is 10.7. The first-order chi connectivity index (χ1) is 30.5. The van der Waals surface area contributed by atoms with Gasteiger partial charge in [0, 0.05) is 16.5 Å². The van der Waals surface area contributed by atoms with Crippen molar-refractivity contribution in [3.63, 3.8) is 0 Å². The van der Waals surface area contributed by atoms with Crippen LogP contribution in [0.15, 0.2) is 222 Å². The Balaban J connectivity index is 1.11. The van der Waals surface area contributed by atoms with Crippen molar-refractivity contribution in [3.8, 4) is 33.4 Å². The van der Waals surface area contributed by atoms with Crippen molar-refractivity contribution in [3.05, 3.63) is 262 Å². The molecule has 1 atom stereocenters. The maximum absolute atomic E-state index is 5.53. The van der Waals surface area contributed by atoms with Crippen molar-refractivity contribution in [1.82, 2.24) is 5.32 Å². The predicted octanol–water partition coefficient (Wildman–Crippen LogP) is 13.7. The molecule has 1 aliphatic heterocycles. The topological polar surface area (TPSA) is 36.8 Å². The molecule has 62 heavy (non-hydrogen) atoms. The van der Waals surface area contributed by atoms with Crippen LogP contribution in [0.3, 0.4) is 0 Å². The molecule has 1 heterocycles. The molecule has 3 heteroatoms. The summed E-state index contributed by atoms with van der Waals surface area (Å²) >= 11 is 0. The highest BCUT2D eigenvalue weighted by Gasteiger charge is 2.54. The van der Waals surface area contributed by atoms with E-state index in [0.29, 0.717) is 0 Å². The average molecular weight is 794 g/mol. The monoisotopic (exact) mass is 793 g/mol. The number of nitrogens with one attached hydrogen (secondary N) is 1. The zero-order valence-electron chi connectivity index (χ0n) is 34.7. The molecule has 1 unspecified atom stereocenters. The van der Waals surface area contributed by atoms with Gasteiger partial charge in [0.15, 0.2) is 6.17 Å². The van der Waals surface area contributed by atoms with E-state index in [4.69, 9.17) is 9.98 Å². The Kier molecular flexibility index (Phi) is 8.17. The summed E-state index contributed by atoms with van der Waals surface area (Å²) in [7, 11) is 0. The van der Waals surface area contributed by atoms with Crippen LogP contribution in [-0.4, -0.2) is 11.7 Å². The largest absolute Gasteiger partial charge is 0.324 e. The van der Waals surface area contributed by atoms with Crippen molar-refractivity contribution in [1.29, 1.82) is 0 Å². The fourth-order valence-electron chi connectivity index (χ4n) is 10.7. The first kappa shape index (κ1) is 36.2. The molecule has 0 bridgehead atoms. The lowest BCUT2D eigenvalue weighted by Crippen LogP contribution is -2.40. The van der Waals surface area contributed by atoms with Crippen LogP contribution in [0, 0.1) is 0 Å². The van der Waals surface area contributed by atoms with Gasteiger partial charge in [-0.3, -0.25) is 0 Å². The molecule has 0 amide bonds. The third-order valence-corrected chi connectivity index (χ3v) is 13.6. The summed E-state index contributed by atoms with van der Waals surface area (Å²) in [5, 5.41) is 6.27. The number of amidine groups is 2. The smallest absolute Gasteiger partial charge is 0.169 e. The molecule has 9 aromatic rings. The Hall–Kier alpha value is -7.62. The second kappa shape index (κ2) is 14.0. The molecule has 0 saturated heterocycles. The molecule has 3 nitrogen and oxygen atoms in total. The number of nitrogens with zero attached hydrogens (tertiary/aromatic N) is 2. The van der Waals surface area contributed by atoms with Crippen molar-refractivity contribution in [2.75, 3.05) is 0 Å². The minimum atomic E-state index is -0.552. The van der Waals surface area contributed by atoms with Gasteiger partial charge in [0.2, 0.25) is 0 Å². The quantitative estimate of drug-likeness (QED) is 0.185. The number of hydrogen-bond donors (Lipinski definition) is 1. The van der Waals surface area contributed by atoms with E-state index in [1.54, 1.807) is 0 Å². The van der Waals surface area contributed by atoms with E-state index >= 15 is 0 Å². The Morgan fingerprint density at radius 1 is 0.371 bits per heavy atom. The highest BCUT2D eigenvalue weighted by Crippen LogP contribution is 2.63. The van der Waals surface area contributed by atoms with Crippen LogP contribution in [0.5, 0.6) is 0 Å². The molecule has 0 radical (unpaired) electrons. The zero-order chi connectivity index (χ0) is 41.4. The molecule has 9 aromatic carbocycles. The van der Waals surface area contributed by atoms with Crippen molar-refractivity contribution in [2.24, 2.45) is 9.98 Å². The fraction of sp³-hybridized carbons (Fsp3) is 0.0847. The maximum atomic E-state index is 5.53. The number of hydrogen-bond acceptors (Lipinski definition) is 3. The summed E-state index contributed by atoms with van der Waals surface area (Å²) in [6.07, 6.45) is -0.446. The van der Waals surface area contributed by atoms with Crippen LogP contribution in [0.25, 0.3) is 44.2 Å². The lowest BCUT2D eigenvalue weighted by atomic mass is 9.55. The van der Waals surface area contributed by atoms with E-state index in [1.165, 1.54) is 77.5 Å². The Morgan fingerprint density at radius 2 is 0.903 bits per heavy atom. The first-order valence-electron chi connectivity index (χ1n) is 21.6. The van der Waals surface area contributed by atoms with Crippen LogP contribution in [0.2, 0.25) is 0 Å². The van der Waals surface area contributed by atoms with Crippen molar-refractivity contribution in [2.45, 2.75) is 30.8 Å². The normalized spacial score (nSPS) is 16.3. The average Bonchev–Trinajstić information content (AvgIpc) is 3.64. The lowest BCUT2D eigenvalue weighted by molar-refractivity contribution is 0.563. The minimum absolute atomic E-state index is 0.191. The van der Waals surface area contributed by atoms with E-state index in [1.807, 2.05) is 0 Å². The Morgan fingerprint density at radius 3 is 1.61 bits per heavy atom. The molecule has 2 aliphatic carbocycles. The molecule has 1 N–H and O–H groups in total. The van der Waals surface area contributed by atoms with Crippen LogP contribution in [0.4, 0.5) is 0 Å². The van der Waals surface area contributed by atoms with Gasteiger partial charge in [0.25, 0.3) is 0 Å². The van der Waals surface area contributed by atoms with Crippen LogP contribution >= 0.6 is 0 Å². The summed E-state index contributed by atoms with van der Waals surface area (Å²) in [5.74, 6) is 1.61. The first-order valence-corrected chi connectivity index (χ1v) is 21.6. The molecule has 0 fully saturated rings. The highest BCUT2D eigenvalue weighted by atomic mass is 15.2. The molecular weight excluding hydrogens is 751 g/mol. The summed E-state index contributed by atoms with van der Waals surface area (Å²) in [6, 6.07) is 77.5. The summed E-state index contributed by atoms with van der Waals surface area (Å²) in [6.45, 7) is 4.76. The van der Waals surface area contributed by atoms with Crippen molar-refractivity contribution < 1.29 is 0 Å². The Bertz CT molecular complexity index is 3240. The van der Waals surface area contributed by atoms with Gasteiger partial charge in [0.05, 0.1) is 5.41 Å². The molecule has 3 aliphatic rings. The maximum Gasteiger partial charge on any atom is 0.169 e. The summed E-state index contributed by atoms with van der Waals surface area (Å²) in [5.41, 5.74) is 17.5. The van der Waals surface area contributed by atoms with Crippen LogP contribution in [-0.2, 0) is 10.8 Å². The van der Waals surface area contributed by atoms with Crippen LogP contribution < -0.4 is 5.32 Å². The van der Waals surface area contributed by atoms with Gasteiger partial charge >= 0.3 is 0 Å². The zero-order valence-corrected chi connectivity index (χ0v) is 34.7. The summed E-state index contributed by atoms with van der Waals surface area (Å²) < 4.78 is 0. The molecule has 1 spiro atoms. The SMILES string of the molecule is CC1(C)c2ccccc2C2(c3ccc(-c4ccc5ccccc5c4)cc3-c3c(C4=NC(c5ccc(-c6ccccc6)cc5)N=C(c5ccccc5)N4)cccc32)c2ccccc21. The van der Waals surface area contributed by atoms with Crippen LogP contribution in [0.1, 0.15) is 70.1 Å². The minimum Gasteiger partial charge on any atom is -0.324 e. The standard InChI is InChI=1S/C59H43N3/c1-58(2)49-23-11-13-25-51(49)59(52-26-14-12-24-50(52)58)48-35-34-45(44-33-30-39-18-9-10-21-43(39)36-44)37-47(48)54-46(22-15-27-53(54)59)57-61-55(41-19-7-4-8-20-41)60-56(62-57)42-31-28-40(29-32-42)38-16-5-3-6-17-38/h3-37,56H,1-2H3,(H,60,61,62). The molecule has 12 rings (SSSR count). The molecule has 0 saturated carbocycles. The van der Waals surface area contributed by atoms with E-state index < -0.39 is 11.6 Å². The van der Waals surface area contributed by atoms with Gasteiger partial charge in [-0.1, -0.05) is 214 Å². The number of benzene rings is 9. The van der Waals surface area contributed by atoms with E-state index in [2.05, 4.69) is 231 Å². The highest BCUT2D eigenvalue weighted by molar-refractivity contribution is 6.19. The van der Waals surface area contributed by atoms with Gasteiger partial charge in [-0.25, -0.2) is 9.98 Å². The van der Waals surface area contributed by atoms with Gasteiger partial charge in [0.1, 0.15) is 11.7 Å². The van der Waals surface area contributed by atoms with Crippen molar-refractivity contribution >= 4 is 22.4 Å². The second-order valence-electron chi connectivity index (χ2n) is 17.3. The van der Waals surface area contributed by atoms with E-state index in [0.717, 1.165) is 28.4 Å². The number of fused-ring (bicyclic) bond motifs is 10. The van der Waals surface area contributed by atoms with Gasteiger partial charge in [-0.05, 0) is 95.2 Å². The van der Waals surface area contributed by atoms with Gasteiger partial charge in [-0.15, -0.1) is 0 Å². The second-order valence-corrected chi connectivity index (χ2v) is 17.3. The van der Waals surface area contributed by atoms with Gasteiger partial charge in [-0.2, -0.15) is 0 Å². The van der Waals surface area contributed by atoms with E-state index in [9.17, 15) is 0 Å². The molecule has 294 valence electrons. The molecule has 0 aromatic heterocycles. The number of rotatable bonds is 5. The Labute approximate surface area is 362 Å². The lowest BCUT2D eigenvalue weighted by Gasteiger charge is -2.46. The number of aliphatic imine (C=N–C) groups is 2. The van der Waals surface area contributed by atoms with E-state index in [-0.39, 0.29) is 5.41 Å². The molecular formula is C59H43N3.